The van der Waals surface area contributed by atoms with E-state index in [0.717, 1.165) is 18.7 Å². The molecule has 0 aromatic heterocycles. The van der Waals surface area contributed by atoms with Gasteiger partial charge in [0.25, 0.3) is 0 Å². The van der Waals surface area contributed by atoms with Gasteiger partial charge < -0.3 is 10.6 Å². The minimum atomic E-state index is 0.271. The first-order chi connectivity index (χ1) is 5.75. The van der Waals surface area contributed by atoms with Crippen LogP contribution in [0, 0.1) is 0 Å². The number of carbonyl (C=O) groups excluding carboxylic acids is 1. The van der Waals surface area contributed by atoms with Crippen molar-refractivity contribution in [1.82, 2.24) is 4.90 Å². The zero-order valence-electron chi connectivity index (χ0n) is 7.45. The SMILES string of the molecule is CC1CSCC(=O)N1CCCN. The molecular formula is C8H16N2OS. The van der Waals surface area contributed by atoms with Crippen molar-refractivity contribution < 1.29 is 4.79 Å². The molecule has 1 aliphatic rings. The van der Waals surface area contributed by atoms with Gasteiger partial charge >= 0.3 is 0 Å². The summed E-state index contributed by atoms with van der Waals surface area (Å²) in [6, 6.07) is 0.391. The summed E-state index contributed by atoms with van der Waals surface area (Å²) in [6.45, 7) is 3.60. The molecule has 12 heavy (non-hydrogen) atoms. The summed E-state index contributed by atoms with van der Waals surface area (Å²) in [4.78, 5) is 13.3. The molecule has 0 aliphatic carbocycles. The van der Waals surface area contributed by atoms with Gasteiger partial charge in [-0.15, -0.1) is 11.8 Å². The molecule has 0 spiro atoms. The number of carbonyl (C=O) groups is 1. The minimum Gasteiger partial charge on any atom is -0.338 e. The molecule has 1 rings (SSSR count). The molecule has 3 nitrogen and oxygen atoms in total. The van der Waals surface area contributed by atoms with Crippen LogP contribution in [0.5, 0.6) is 0 Å². The van der Waals surface area contributed by atoms with Gasteiger partial charge in [0.05, 0.1) is 5.75 Å². The lowest BCUT2D eigenvalue weighted by Crippen LogP contribution is -2.45. The van der Waals surface area contributed by atoms with E-state index in [-0.39, 0.29) is 5.91 Å². The predicted octanol–water partition coefficient (Wildman–Crippen LogP) is 0.299. The van der Waals surface area contributed by atoms with Gasteiger partial charge in [0, 0.05) is 18.3 Å². The molecule has 1 atom stereocenters. The Morgan fingerprint density at radius 2 is 2.50 bits per heavy atom. The Morgan fingerprint density at radius 1 is 1.75 bits per heavy atom. The molecule has 4 heteroatoms. The van der Waals surface area contributed by atoms with Crippen LogP contribution < -0.4 is 5.73 Å². The fourth-order valence-corrected chi connectivity index (χ4v) is 2.32. The van der Waals surface area contributed by atoms with E-state index in [4.69, 9.17) is 5.73 Å². The number of hydrogen-bond acceptors (Lipinski definition) is 3. The summed E-state index contributed by atoms with van der Waals surface area (Å²) in [7, 11) is 0. The lowest BCUT2D eigenvalue weighted by atomic mass is 10.2. The van der Waals surface area contributed by atoms with Crippen molar-refractivity contribution in [2.75, 3.05) is 24.6 Å². The Labute approximate surface area is 77.7 Å². The summed E-state index contributed by atoms with van der Waals surface area (Å²) in [5.41, 5.74) is 5.39. The molecule has 0 saturated carbocycles. The number of nitrogens with zero attached hydrogens (tertiary/aromatic N) is 1. The summed E-state index contributed by atoms with van der Waals surface area (Å²) in [6.07, 6.45) is 0.917. The van der Waals surface area contributed by atoms with E-state index < -0.39 is 0 Å². The molecule has 0 aromatic rings. The number of nitrogens with two attached hydrogens (primary N) is 1. The molecule has 1 fully saturated rings. The first kappa shape index (κ1) is 9.86. The zero-order chi connectivity index (χ0) is 8.97. The highest BCUT2D eigenvalue weighted by molar-refractivity contribution is 8.00. The number of amides is 1. The molecule has 1 aliphatic heterocycles. The van der Waals surface area contributed by atoms with Crippen LogP contribution in [0.2, 0.25) is 0 Å². The largest absolute Gasteiger partial charge is 0.338 e. The third-order valence-electron chi connectivity index (χ3n) is 2.04. The van der Waals surface area contributed by atoms with Crippen molar-refractivity contribution >= 4 is 17.7 Å². The first-order valence-electron chi connectivity index (χ1n) is 4.33. The fraction of sp³-hybridized carbons (Fsp3) is 0.875. The average Bonchev–Trinajstić information content (AvgIpc) is 2.04. The van der Waals surface area contributed by atoms with Crippen LogP contribution >= 0.6 is 11.8 Å². The molecule has 2 N–H and O–H groups in total. The number of rotatable bonds is 3. The van der Waals surface area contributed by atoms with Crippen LogP contribution in [0.15, 0.2) is 0 Å². The Morgan fingerprint density at radius 3 is 3.08 bits per heavy atom. The Bertz CT molecular complexity index is 163. The molecule has 0 bridgehead atoms. The van der Waals surface area contributed by atoms with Gasteiger partial charge in [-0.05, 0) is 19.9 Å². The van der Waals surface area contributed by atoms with Gasteiger partial charge in [-0.3, -0.25) is 4.79 Å². The van der Waals surface area contributed by atoms with E-state index in [9.17, 15) is 4.79 Å². The lowest BCUT2D eigenvalue weighted by molar-refractivity contribution is -0.130. The monoisotopic (exact) mass is 188 g/mol. The number of thioether (sulfide) groups is 1. The molecule has 1 saturated heterocycles. The van der Waals surface area contributed by atoms with Crippen LogP contribution in [0.3, 0.4) is 0 Å². The Balaban J connectivity index is 2.40. The topological polar surface area (TPSA) is 46.3 Å². The zero-order valence-corrected chi connectivity index (χ0v) is 8.27. The lowest BCUT2D eigenvalue weighted by Gasteiger charge is -2.32. The van der Waals surface area contributed by atoms with Crippen LogP contribution in [0.25, 0.3) is 0 Å². The van der Waals surface area contributed by atoms with Crippen molar-refractivity contribution in [1.29, 1.82) is 0 Å². The van der Waals surface area contributed by atoms with Crippen molar-refractivity contribution in [3.8, 4) is 0 Å². The quantitative estimate of drug-likeness (QED) is 0.693. The van der Waals surface area contributed by atoms with Crippen LogP contribution in [0.4, 0.5) is 0 Å². The Hall–Kier alpha value is -0.220. The van der Waals surface area contributed by atoms with Crippen LogP contribution in [-0.2, 0) is 4.79 Å². The number of hydrogen-bond donors (Lipinski definition) is 1. The van der Waals surface area contributed by atoms with Crippen molar-refractivity contribution in [3.05, 3.63) is 0 Å². The smallest absolute Gasteiger partial charge is 0.232 e. The normalized spacial score (nSPS) is 24.7. The first-order valence-corrected chi connectivity index (χ1v) is 5.48. The van der Waals surface area contributed by atoms with Crippen LogP contribution in [-0.4, -0.2) is 41.4 Å². The maximum Gasteiger partial charge on any atom is 0.232 e. The van der Waals surface area contributed by atoms with Gasteiger partial charge in [0.15, 0.2) is 0 Å². The van der Waals surface area contributed by atoms with E-state index in [1.165, 1.54) is 0 Å². The molecule has 1 amide bonds. The van der Waals surface area contributed by atoms with Gasteiger partial charge in [0.1, 0.15) is 0 Å². The van der Waals surface area contributed by atoms with Gasteiger partial charge in [-0.25, -0.2) is 0 Å². The molecule has 0 aromatic carbocycles. The van der Waals surface area contributed by atoms with E-state index in [0.29, 0.717) is 18.3 Å². The summed E-state index contributed by atoms with van der Waals surface area (Å²) < 4.78 is 0. The fourth-order valence-electron chi connectivity index (χ4n) is 1.34. The summed E-state index contributed by atoms with van der Waals surface area (Å²) in [5, 5.41) is 0. The van der Waals surface area contributed by atoms with Gasteiger partial charge in [0.2, 0.25) is 5.91 Å². The third-order valence-corrected chi connectivity index (χ3v) is 3.21. The van der Waals surface area contributed by atoms with Crippen molar-refractivity contribution in [2.45, 2.75) is 19.4 Å². The molecule has 70 valence electrons. The standard InChI is InChI=1S/C8H16N2OS/c1-7-5-12-6-8(11)10(7)4-2-3-9/h7H,2-6,9H2,1H3. The molecule has 0 radical (unpaired) electrons. The Kier molecular flexibility index (Phi) is 3.88. The average molecular weight is 188 g/mol. The van der Waals surface area contributed by atoms with Gasteiger partial charge in [-0.1, -0.05) is 0 Å². The van der Waals surface area contributed by atoms with E-state index >= 15 is 0 Å². The molecule has 1 heterocycles. The molecular weight excluding hydrogens is 172 g/mol. The predicted molar refractivity (Wildman–Crippen MR) is 52.2 cm³/mol. The van der Waals surface area contributed by atoms with Crippen molar-refractivity contribution in [2.24, 2.45) is 5.73 Å². The highest BCUT2D eigenvalue weighted by atomic mass is 32.2. The maximum atomic E-state index is 11.4. The maximum absolute atomic E-state index is 11.4. The summed E-state index contributed by atoms with van der Waals surface area (Å²) >= 11 is 1.73. The second-order valence-electron chi connectivity index (χ2n) is 3.09. The molecule has 1 unspecified atom stereocenters. The van der Waals surface area contributed by atoms with Crippen LogP contribution in [0.1, 0.15) is 13.3 Å². The van der Waals surface area contributed by atoms with E-state index in [1.54, 1.807) is 11.8 Å². The third kappa shape index (κ3) is 2.38. The van der Waals surface area contributed by atoms with E-state index in [2.05, 4.69) is 6.92 Å². The highest BCUT2D eigenvalue weighted by Gasteiger charge is 2.23. The van der Waals surface area contributed by atoms with E-state index in [1.807, 2.05) is 4.90 Å². The second-order valence-corrected chi connectivity index (χ2v) is 4.12. The van der Waals surface area contributed by atoms with Gasteiger partial charge in [-0.2, -0.15) is 0 Å². The van der Waals surface area contributed by atoms with Crippen molar-refractivity contribution in [3.63, 3.8) is 0 Å². The highest BCUT2D eigenvalue weighted by Crippen LogP contribution is 2.16. The summed E-state index contributed by atoms with van der Waals surface area (Å²) in [5.74, 6) is 1.98. The second kappa shape index (κ2) is 4.72. The minimum absolute atomic E-state index is 0.271.